The highest BCUT2D eigenvalue weighted by Gasteiger charge is 2.34. The van der Waals surface area contributed by atoms with E-state index in [2.05, 4.69) is 29.6 Å². The molecule has 27 heavy (non-hydrogen) atoms. The maximum atomic E-state index is 12.4. The molecule has 5 heteroatoms. The Labute approximate surface area is 160 Å². The van der Waals surface area contributed by atoms with Gasteiger partial charge in [-0.2, -0.15) is 0 Å². The molecule has 0 radical (unpaired) electrons. The van der Waals surface area contributed by atoms with Gasteiger partial charge >= 0.3 is 0 Å². The number of rotatable bonds is 7. The second-order valence-corrected chi connectivity index (χ2v) is 7.19. The molecule has 142 valence electrons. The molecule has 0 saturated carbocycles. The smallest absolute Gasteiger partial charge is 0.223 e. The third-order valence-corrected chi connectivity index (χ3v) is 5.25. The first-order valence-corrected chi connectivity index (χ1v) is 9.72. The predicted octanol–water partition coefficient (Wildman–Crippen LogP) is 3.00. The second-order valence-electron chi connectivity index (χ2n) is 7.19. The van der Waals surface area contributed by atoms with Gasteiger partial charge in [-0.15, -0.1) is 0 Å². The Morgan fingerprint density at radius 2 is 1.81 bits per heavy atom. The summed E-state index contributed by atoms with van der Waals surface area (Å²) >= 11 is 0. The molecule has 2 aliphatic rings. The molecule has 4 rings (SSSR count). The molecular weight excluding hydrogens is 340 g/mol. The summed E-state index contributed by atoms with van der Waals surface area (Å²) < 4.78 is 11.8. The third-order valence-electron chi connectivity index (χ3n) is 5.25. The van der Waals surface area contributed by atoms with E-state index in [-0.39, 0.29) is 18.1 Å². The van der Waals surface area contributed by atoms with Crippen molar-refractivity contribution in [3.63, 3.8) is 0 Å². The Hall–Kier alpha value is -2.53. The molecule has 2 aliphatic heterocycles. The molecule has 2 aromatic carbocycles. The Morgan fingerprint density at radius 1 is 1.04 bits per heavy atom. The van der Waals surface area contributed by atoms with E-state index < -0.39 is 0 Å². The summed E-state index contributed by atoms with van der Waals surface area (Å²) in [6.45, 7) is 2.84. The van der Waals surface area contributed by atoms with E-state index in [1.807, 2.05) is 35.2 Å². The van der Waals surface area contributed by atoms with Crippen molar-refractivity contribution in [2.24, 2.45) is 0 Å². The van der Waals surface area contributed by atoms with E-state index in [1.54, 1.807) is 0 Å². The van der Waals surface area contributed by atoms with Crippen molar-refractivity contribution >= 4 is 5.91 Å². The van der Waals surface area contributed by atoms with Crippen molar-refractivity contribution in [1.82, 2.24) is 10.2 Å². The van der Waals surface area contributed by atoms with Crippen molar-refractivity contribution in [3.05, 3.63) is 60.2 Å². The van der Waals surface area contributed by atoms with Gasteiger partial charge in [0.2, 0.25) is 5.91 Å². The fraction of sp³-hybridized carbons (Fsp3) is 0.409. The molecule has 1 saturated heterocycles. The zero-order valence-electron chi connectivity index (χ0n) is 15.5. The minimum absolute atomic E-state index is 0.110. The van der Waals surface area contributed by atoms with Gasteiger partial charge in [0.05, 0.1) is 6.54 Å². The molecule has 2 aromatic rings. The number of fused-ring (bicyclic) bond motifs is 1. The summed E-state index contributed by atoms with van der Waals surface area (Å²) in [5.74, 6) is 1.77. The number of carbonyl (C=O) groups is 1. The number of para-hydroxylation sites is 2. The number of hydrogen-bond donors (Lipinski definition) is 1. The first-order valence-electron chi connectivity index (χ1n) is 9.72. The fourth-order valence-electron chi connectivity index (χ4n) is 3.81. The number of likely N-dealkylation sites (tertiary alicyclic amines) is 1. The molecule has 1 amide bonds. The van der Waals surface area contributed by atoms with Crippen LogP contribution in [0.5, 0.6) is 11.5 Å². The molecule has 0 aliphatic carbocycles. The van der Waals surface area contributed by atoms with Gasteiger partial charge in [0.25, 0.3) is 0 Å². The SMILES string of the molecule is O=C1CC[C@H](CCNCc2ccccc2)N1C[C@@H]1COc2ccccc2O1. The number of nitrogens with zero attached hydrogens (tertiary/aromatic N) is 1. The normalized spacial score (nSPS) is 21.5. The van der Waals surface area contributed by atoms with Crippen LogP contribution >= 0.6 is 0 Å². The number of nitrogens with one attached hydrogen (secondary N) is 1. The third kappa shape index (κ3) is 4.42. The molecule has 2 heterocycles. The van der Waals surface area contributed by atoms with Crippen LogP contribution in [0.4, 0.5) is 0 Å². The van der Waals surface area contributed by atoms with E-state index in [0.29, 0.717) is 19.6 Å². The van der Waals surface area contributed by atoms with Crippen LogP contribution in [0, 0.1) is 0 Å². The van der Waals surface area contributed by atoms with Crippen LogP contribution in [0.3, 0.4) is 0 Å². The standard InChI is InChI=1S/C22H26N2O3/c25-22-11-10-18(12-13-23-14-17-6-2-1-3-7-17)24(22)15-19-16-26-20-8-4-5-9-21(20)27-19/h1-9,18-19,23H,10-16H2/t18-,19-/m1/s1. The molecular formula is C22H26N2O3. The molecule has 1 N–H and O–H groups in total. The monoisotopic (exact) mass is 366 g/mol. The van der Waals surface area contributed by atoms with E-state index in [1.165, 1.54) is 5.56 Å². The lowest BCUT2D eigenvalue weighted by atomic mass is 10.1. The van der Waals surface area contributed by atoms with Gasteiger partial charge < -0.3 is 19.7 Å². The first-order chi connectivity index (χ1) is 13.3. The molecule has 0 aromatic heterocycles. The highest BCUT2D eigenvalue weighted by molar-refractivity contribution is 5.78. The van der Waals surface area contributed by atoms with Crippen LogP contribution < -0.4 is 14.8 Å². The van der Waals surface area contributed by atoms with Crippen LogP contribution in [0.15, 0.2) is 54.6 Å². The van der Waals surface area contributed by atoms with Crippen LogP contribution in [0.1, 0.15) is 24.8 Å². The van der Waals surface area contributed by atoms with Gasteiger partial charge in [0, 0.05) is 19.0 Å². The summed E-state index contributed by atoms with van der Waals surface area (Å²) in [5, 5.41) is 3.49. The van der Waals surface area contributed by atoms with Gasteiger partial charge in [-0.25, -0.2) is 0 Å². The van der Waals surface area contributed by atoms with Gasteiger partial charge in [0.15, 0.2) is 17.6 Å². The molecule has 5 nitrogen and oxygen atoms in total. The zero-order chi connectivity index (χ0) is 18.5. The van der Waals surface area contributed by atoms with Crippen LogP contribution in [0.25, 0.3) is 0 Å². The van der Waals surface area contributed by atoms with Crippen LogP contribution in [-0.2, 0) is 11.3 Å². The summed E-state index contributed by atoms with van der Waals surface area (Å²) in [5.41, 5.74) is 1.28. The zero-order valence-corrected chi connectivity index (χ0v) is 15.5. The van der Waals surface area contributed by atoms with Crippen molar-refractivity contribution in [1.29, 1.82) is 0 Å². The number of carbonyl (C=O) groups excluding carboxylic acids is 1. The Bertz CT molecular complexity index is 765. The maximum absolute atomic E-state index is 12.4. The van der Waals surface area contributed by atoms with Gasteiger partial charge in [-0.1, -0.05) is 42.5 Å². The van der Waals surface area contributed by atoms with E-state index >= 15 is 0 Å². The number of hydrogen-bond acceptors (Lipinski definition) is 4. The van der Waals surface area contributed by atoms with Crippen LogP contribution in [0.2, 0.25) is 0 Å². The highest BCUT2D eigenvalue weighted by Crippen LogP contribution is 2.32. The summed E-state index contributed by atoms with van der Waals surface area (Å²) in [6.07, 6.45) is 2.41. The Balaban J connectivity index is 1.27. The van der Waals surface area contributed by atoms with E-state index in [4.69, 9.17) is 9.47 Å². The first kappa shape index (κ1) is 17.9. The van der Waals surface area contributed by atoms with Gasteiger partial charge in [-0.3, -0.25) is 4.79 Å². The topological polar surface area (TPSA) is 50.8 Å². The largest absolute Gasteiger partial charge is 0.486 e. The average Bonchev–Trinajstić information content (AvgIpc) is 3.05. The quantitative estimate of drug-likeness (QED) is 0.766. The minimum atomic E-state index is -0.110. The highest BCUT2D eigenvalue weighted by atomic mass is 16.6. The Kier molecular flexibility index (Phi) is 5.58. The molecule has 1 fully saturated rings. The maximum Gasteiger partial charge on any atom is 0.223 e. The van der Waals surface area contributed by atoms with Crippen molar-refractivity contribution in [3.8, 4) is 11.5 Å². The van der Waals surface area contributed by atoms with E-state index in [9.17, 15) is 4.79 Å². The Morgan fingerprint density at radius 3 is 2.67 bits per heavy atom. The van der Waals surface area contributed by atoms with Gasteiger partial charge in [-0.05, 0) is 37.1 Å². The lowest BCUT2D eigenvalue weighted by Crippen LogP contribution is -2.45. The second kappa shape index (κ2) is 8.44. The van der Waals surface area contributed by atoms with Crippen molar-refractivity contribution < 1.29 is 14.3 Å². The number of amides is 1. The molecule has 0 unspecified atom stereocenters. The minimum Gasteiger partial charge on any atom is -0.486 e. The number of benzene rings is 2. The van der Waals surface area contributed by atoms with Crippen LogP contribution in [-0.4, -0.2) is 42.6 Å². The average molecular weight is 366 g/mol. The molecule has 0 bridgehead atoms. The van der Waals surface area contributed by atoms with Gasteiger partial charge in [0.1, 0.15) is 6.61 Å². The van der Waals surface area contributed by atoms with Crippen molar-refractivity contribution in [2.75, 3.05) is 19.7 Å². The molecule has 0 spiro atoms. The molecule has 2 atom stereocenters. The fourth-order valence-corrected chi connectivity index (χ4v) is 3.81. The van der Waals surface area contributed by atoms with E-state index in [0.717, 1.165) is 37.4 Å². The summed E-state index contributed by atoms with van der Waals surface area (Å²) in [6, 6.07) is 18.4. The lowest BCUT2D eigenvalue weighted by molar-refractivity contribution is -0.130. The predicted molar refractivity (Wildman–Crippen MR) is 104 cm³/mol. The lowest BCUT2D eigenvalue weighted by Gasteiger charge is -2.32. The van der Waals surface area contributed by atoms with Crippen molar-refractivity contribution in [2.45, 2.75) is 38.0 Å². The summed E-state index contributed by atoms with van der Waals surface area (Å²) in [7, 11) is 0. The number of ether oxygens (including phenoxy) is 2. The summed E-state index contributed by atoms with van der Waals surface area (Å²) in [4.78, 5) is 14.4.